The highest BCUT2D eigenvalue weighted by Crippen LogP contribution is 2.36. The van der Waals surface area contributed by atoms with Crippen molar-refractivity contribution in [3.8, 4) is 0 Å². The fourth-order valence-electron chi connectivity index (χ4n) is 1.57. The average molecular weight is 243 g/mol. The van der Waals surface area contributed by atoms with Gasteiger partial charge in [0.05, 0.1) is 6.61 Å². The molecule has 0 bridgehead atoms. The summed E-state index contributed by atoms with van der Waals surface area (Å²) in [5.74, 6) is 1.15. The highest BCUT2D eigenvalue weighted by Gasteiger charge is 2.30. The van der Waals surface area contributed by atoms with Crippen LogP contribution in [0.4, 0.5) is 13.2 Å². The van der Waals surface area contributed by atoms with Crippen LogP contribution in [0.3, 0.4) is 0 Å². The summed E-state index contributed by atoms with van der Waals surface area (Å²) in [5, 5.41) is 2.99. The van der Waals surface area contributed by atoms with Crippen molar-refractivity contribution < 1.29 is 17.9 Å². The SMILES string of the molecule is CC1(CNCCOC(F)(F)F)CCCS1. The van der Waals surface area contributed by atoms with Gasteiger partial charge in [0, 0.05) is 17.8 Å². The zero-order chi connectivity index (χ0) is 11.4. The molecule has 1 fully saturated rings. The van der Waals surface area contributed by atoms with Gasteiger partial charge in [-0.05, 0) is 25.5 Å². The summed E-state index contributed by atoms with van der Waals surface area (Å²) >= 11 is 1.88. The molecule has 0 radical (unpaired) electrons. The van der Waals surface area contributed by atoms with Gasteiger partial charge in [-0.15, -0.1) is 13.2 Å². The Morgan fingerprint density at radius 1 is 1.47 bits per heavy atom. The Morgan fingerprint density at radius 2 is 2.20 bits per heavy atom. The molecule has 0 aromatic carbocycles. The number of halogens is 3. The van der Waals surface area contributed by atoms with Gasteiger partial charge in [-0.25, -0.2) is 0 Å². The minimum Gasteiger partial charge on any atom is -0.313 e. The largest absolute Gasteiger partial charge is 0.522 e. The standard InChI is InChI=1S/C9H16F3NOS/c1-8(3-2-6-15-8)7-13-4-5-14-9(10,11)12/h13H,2-7H2,1H3. The van der Waals surface area contributed by atoms with Crippen molar-refractivity contribution in [1.82, 2.24) is 5.32 Å². The Labute approximate surface area is 91.9 Å². The second-order valence-corrected chi connectivity index (χ2v) is 5.56. The van der Waals surface area contributed by atoms with Gasteiger partial charge in [0.25, 0.3) is 0 Å². The molecule has 0 aliphatic carbocycles. The lowest BCUT2D eigenvalue weighted by molar-refractivity contribution is -0.323. The number of hydrogen-bond acceptors (Lipinski definition) is 3. The molecule has 0 aromatic rings. The van der Waals surface area contributed by atoms with E-state index in [1.165, 1.54) is 6.42 Å². The van der Waals surface area contributed by atoms with Gasteiger partial charge in [-0.2, -0.15) is 11.8 Å². The van der Waals surface area contributed by atoms with Crippen LogP contribution in [0.2, 0.25) is 0 Å². The molecule has 1 unspecified atom stereocenters. The molecule has 6 heteroatoms. The molecule has 1 heterocycles. The van der Waals surface area contributed by atoms with Gasteiger partial charge in [-0.1, -0.05) is 0 Å². The second kappa shape index (κ2) is 5.41. The molecular weight excluding hydrogens is 227 g/mol. The number of ether oxygens (including phenoxy) is 1. The molecule has 0 aromatic heterocycles. The second-order valence-electron chi connectivity index (χ2n) is 3.87. The predicted molar refractivity (Wildman–Crippen MR) is 55.0 cm³/mol. The third kappa shape index (κ3) is 5.63. The first kappa shape index (κ1) is 13.1. The first-order valence-electron chi connectivity index (χ1n) is 4.97. The molecule has 0 amide bonds. The minimum atomic E-state index is -4.51. The predicted octanol–water partition coefficient (Wildman–Crippen LogP) is 2.40. The van der Waals surface area contributed by atoms with Crippen LogP contribution in [0.5, 0.6) is 0 Å². The molecule has 0 saturated carbocycles. The van der Waals surface area contributed by atoms with Crippen LogP contribution in [-0.4, -0.2) is 36.6 Å². The quantitative estimate of drug-likeness (QED) is 0.749. The molecule has 2 nitrogen and oxygen atoms in total. The van der Waals surface area contributed by atoms with Crippen molar-refractivity contribution >= 4 is 11.8 Å². The van der Waals surface area contributed by atoms with Crippen molar-refractivity contribution in [2.75, 3.05) is 25.4 Å². The lowest BCUT2D eigenvalue weighted by Crippen LogP contribution is -2.35. The molecule has 1 aliphatic rings. The zero-order valence-electron chi connectivity index (χ0n) is 8.69. The Hall–Kier alpha value is 0.0600. The maximum Gasteiger partial charge on any atom is 0.522 e. The van der Waals surface area contributed by atoms with E-state index in [4.69, 9.17) is 0 Å². The highest BCUT2D eigenvalue weighted by atomic mass is 32.2. The van der Waals surface area contributed by atoms with E-state index in [1.54, 1.807) is 0 Å². The number of hydrogen-bond donors (Lipinski definition) is 1. The Morgan fingerprint density at radius 3 is 2.73 bits per heavy atom. The number of thioether (sulfide) groups is 1. The summed E-state index contributed by atoms with van der Waals surface area (Å²) in [5.41, 5.74) is 0. The summed E-state index contributed by atoms with van der Waals surface area (Å²) in [6.07, 6.45) is -2.18. The Kier molecular flexibility index (Phi) is 4.73. The zero-order valence-corrected chi connectivity index (χ0v) is 9.51. The van der Waals surface area contributed by atoms with E-state index in [0.29, 0.717) is 0 Å². The molecule has 1 atom stereocenters. The number of alkyl halides is 3. The van der Waals surface area contributed by atoms with Gasteiger partial charge < -0.3 is 5.32 Å². The summed E-state index contributed by atoms with van der Waals surface area (Å²) in [7, 11) is 0. The fourth-order valence-corrected chi connectivity index (χ4v) is 2.84. The monoisotopic (exact) mass is 243 g/mol. The molecule has 1 saturated heterocycles. The van der Waals surface area contributed by atoms with E-state index in [2.05, 4.69) is 17.0 Å². The average Bonchev–Trinajstić information content (AvgIpc) is 2.50. The lowest BCUT2D eigenvalue weighted by atomic mass is 10.1. The van der Waals surface area contributed by atoms with Crippen molar-refractivity contribution in [1.29, 1.82) is 0 Å². The van der Waals surface area contributed by atoms with Crippen LogP contribution in [0.1, 0.15) is 19.8 Å². The van der Waals surface area contributed by atoms with E-state index in [0.717, 1.165) is 18.7 Å². The van der Waals surface area contributed by atoms with E-state index < -0.39 is 6.36 Å². The van der Waals surface area contributed by atoms with Crippen LogP contribution >= 0.6 is 11.8 Å². The normalized spacial score (nSPS) is 27.2. The molecule has 1 N–H and O–H groups in total. The van der Waals surface area contributed by atoms with Crippen molar-refractivity contribution in [3.63, 3.8) is 0 Å². The van der Waals surface area contributed by atoms with Crippen molar-refractivity contribution in [3.05, 3.63) is 0 Å². The van der Waals surface area contributed by atoms with E-state index in [9.17, 15) is 13.2 Å². The molecule has 15 heavy (non-hydrogen) atoms. The van der Waals surface area contributed by atoms with Crippen molar-refractivity contribution in [2.45, 2.75) is 30.9 Å². The first-order chi connectivity index (χ1) is 6.91. The maximum absolute atomic E-state index is 11.6. The van der Waals surface area contributed by atoms with Crippen LogP contribution in [0.15, 0.2) is 0 Å². The molecule has 1 rings (SSSR count). The van der Waals surface area contributed by atoms with Gasteiger partial charge in [0.15, 0.2) is 0 Å². The highest BCUT2D eigenvalue weighted by molar-refractivity contribution is 8.00. The topological polar surface area (TPSA) is 21.3 Å². The first-order valence-corrected chi connectivity index (χ1v) is 5.95. The lowest BCUT2D eigenvalue weighted by Gasteiger charge is -2.22. The molecular formula is C9H16F3NOS. The number of nitrogens with one attached hydrogen (secondary N) is 1. The maximum atomic E-state index is 11.6. The van der Waals surface area contributed by atoms with E-state index in [-0.39, 0.29) is 17.9 Å². The summed E-state index contributed by atoms with van der Waals surface area (Å²) in [6.45, 7) is 2.82. The van der Waals surface area contributed by atoms with Crippen LogP contribution in [0.25, 0.3) is 0 Å². The fraction of sp³-hybridized carbons (Fsp3) is 1.00. The molecule has 90 valence electrons. The van der Waals surface area contributed by atoms with Crippen LogP contribution in [0, 0.1) is 0 Å². The molecule has 0 spiro atoms. The van der Waals surface area contributed by atoms with Crippen LogP contribution in [-0.2, 0) is 4.74 Å². The Balaban J connectivity index is 2.02. The van der Waals surface area contributed by atoms with Crippen LogP contribution < -0.4 is 5.32 Å². The summed E-state index contributed by atoms with van der Waals surface area (Å²) in [6, 6.07) is 0. The third-order valence-corrected chi connectivity index (χ3v) is 3.88. The Bertz CT molecular complexity index is 192. The van der Waals surface area contributed by atoms with Gasteiger partial charge in [-0.3, -0.25) is 4.74 Å². The molecule has 1 aliphatic heterocycles. The summed E-state index contributed by atoms with van der Waals surface area (Å²) in [4.78, 5) is 0. The minimum absolute atomic E-state index is 0.193. The van der Waals surface area contributed by atoms with Gasteiger partial charge >= 0.3 is 6.36 Å². The van der Waals surface area contributed by atoms with Crippen molar-refractivity contribution in [2.24, 2.45) is 0 Å². The van der Waals surface area contributed by atoms with Gasteiger partial charge in [0.1, 0.15) is 0 Å². The van der Waals surface area contributed by atoms with Gasteiger partial charge in [0.2, 0.25) is 0 Å². The smallest absolute Gasteiger partial charge is 0.313 e. The summed E-state index contributed by atoms with van der Waals surface area (Å²) < 4.78 is 38.7. The van der Waals surface area contributed by atoms with E-state index >= 15 is 0 Å². The third-order valence-electron chi connectivity index (χ3n) is 2.34. The number of rotatable bonds is 5. The van der Waals surface area contributed by atoms with E-state index in [1.807, 2.05) is 11.8 Å².